The molecule has 2 amide bonds. The fourth-order valence-corrected chi connectivity index (χ4v) is 2.40. The van der Waals surface area contributed by atoms with Gasteiger partial charge in [-0.05, 0) is 48.5 Å². The van der Waals surface area contributed by atoms with Crippen LogP contribution in [0.3, 0.4) is 0 Å². The van der Waals surface area contributed by atoms with Gasteiger partial charge < -0.3 is 15.4 Å². The maximum Gasteiger partial charge on any atom is 0.274 e. The van der Waals surface area contributed by atoms with E-state index in [4.69, 9.17) is 4.74 Å². The number of pyridine rings is 1. The normalized spacial score (nSPS) is 10.1. The zero-order chi connectivity index (χ0) is 19.2. The Bertz CT molecular complexity index is 977. The van der Waals surface area contributed by atoms with E-state index in [1.54, 1.807) is 36.4 Å². The van der Waals surface area contributed by atoms with Crippen molar-refractivity contribution in [1.29, 1.82) is 0 Å². The minimum atomic E-state index is -0.508. The summed E-state index contributed by atoms with van der Waals surface area (Å²) in [5, 5.41) is 5.36. The highest BCUT2D eigenvalue weighted by Crippen LogP contribution is 2.28. The van der Waals surface area contributed by atoms with Gasteiger partial charge in [-0.3, -0.25) is 14.6 Å². The lowest BCUT2D eigenvalue weighted by Crippen LogP contribution is -2.15. The summed E-state index contributed by atoms with van der Waals surface area (Å²) in [6.07, 6.45) is 1.52. The third-order valence-corrected chi connectivity index (χ3v) is 3.69. The van der Waals surface area contributed by atoms with Crippen LogP contribution in [0, 0.1) is 5.82 Å². The fourth-order valence-electron chi connectivity index (χ4n) is 2.40. The Balaban J connectivity index is 1.81. The Morgan fingerprint density at radius 1 is 0.963 bits per heavy atom. The van der Waals surface area contributed by atoms with Gasteiger partial charge in [0.25, 0.3) is 11.8 Å². The number of carbonyl (C=O) groups is 2. The highest BCUT2D eigenvalue weighted by atomic mass is 19.1. The smallest absolute Gasteiger partial charge is 0.274 e. The van der Waals surface area contributed by atoms with Crippen LogP contribution in [-0.2, 0) is 0 Å². The average molecular weight is 365 g/mol. The van der Waals surface area contributed by atoms with Crippen molar-refractivity contribution in [3.63, 3.8) is 0 Å². The second-order valence-corrected chi connectivity index (χ2v) is 5.55. The monoisotopic (exact) mass is 365 g/mol. The van der Waals surface area contributed by atoms with E-state index in [1.165, 1.54) is 31.5 Å². The molecule has 7 heteroatoms. The predicted molar refractivity (Wildman–Crippen MR) is 99.5 cm³/mol. The van der Waals surface area contributed by atoms with Crippen LogP contribution >= 0.6 is 0 Å². The van der Waals surface area contributed by atoms with Gasteiger partial charge in [-0.25, -0.2) is 4.39 Å². The molecule has 0 atom stereocenters. The van der Waals surface area contributed by atoms with E-state index in [-0.39, 0.29) is 17.2 Å². The maximum atomic E-state index is 13.3. The number of halogens is 1. The summed E-state index contributed by atoms with van der Waals surface area (Å²) in [7, 11) is 1.46. The molecule has 136 valence electrons. The Morgan fingerprint density at radius 2 is 1.81 bits per heavy atom. The lowest BCUT2D eigenvalue weighted by Gasteiger charge is -2.13. The lowest BCUT2D eigenvalue weighted by atomic mass is 10.2. The second kappa shape index (κ2) is 8.09. The Kier molecular flexibility index (Phi) is 5.41. The fraction of sp³-hybridized carbons (Fsp3) is 0.0500. The standard InChI is InChI=1S/C20H16FN3O3/c1-27-18-9-8-15(23-20(26)16-7-2-3-10-22-16)12-17(18)24-19(25)13-5-4-6-14(21)11-13/h2-12H,1H3,(H,23,26)(H,24,25). The van der Waals surface area contributed by atoms with Crippen molar-refractivity contribution in [3.8, 4) is 5.75 Å². The molecule has 0 saturated carbocycles. The predicted octanol–water partition coefficient (Wildman–Crippen LogP) is 3.73. The minimum Gasteiger partial charge on any atom is -0.495 e. The quantitative estimate of drug-likeness (QED) is 0.722. The molecule has 27 heavy (non-hydrogen) atoms. The van der Waals surface area contributed by atoms with E-state index in [2.05, 4.69) is 15.6 Å². The van der Waals surface area contributed by atoms with Crippen LogP contribution in [0.2, 0.25) is 0 Å². The zero-order valence-electron chi connectivity index (χ0n) is 14.4. The molecule has 3 rings (SSSR count). The molecule has 0 unspecified atom stereocenters. The number of aromatic nitrogens is 1. The van der Waals surface area contributed by atoms with Crippen LogP contribution < -0.4 is 15.4 Å². The highest BCUT2D eigenvalue weighted by Gasteiger charge is 2.13. The van der Waals surface area contributed by atoms with Crippen molar-refractivity contribution in [2.75, 3.05) is 17.7 Å². The summed E-state index contributed by atoms with van der Waals surface area (Å²) in [6, 6.07) is 15.1. The van der Waals surface area contributed by atoms with Crippen molar-refractivity contribution < 1.29 is 18.7 Å². The van der Waals surface area contributed by atoms with Crippen LogP contribution in [-0.4, -0.2) is 23.9 Å². The second-order valence-electron chi connectivity index (χ2n) is 5.55. The third kappa shape index (κ3) is 4.46. The summed E-state index contributed by atoms with van der Waals surface area (Å²) in [5.74, 6) is -0.995. The molecule has 0 spiro atoms. The first-order valence-electron chi connectivity index (χ1n) is 8.04. The summed E-state index contributed by atoms with van der Waals surface area (Å²) in [4.78, 5) is 28.6. The number of amides is 2. The summed E-state index contributed by atoms with van der Waals surface area (Å²) in [6.45, 7) is 0. The third-order valence-electron chi connectivity index (χ3n) is 3.69. The van der Waals surface area contributed by atoms with Crippen molar-refractivity contribution in [2.24, 2.45) is 0 Å². The molecule has 3 aromatic rings. The molecule has 0 radical (unpaired) electrons. The van der Waals surface area contributed by atoms with Gasteiger partial charge in [-0.2, -0.15) is 0 Å². The van der Waals surface area contributed by atoms with Crippen molar-refractivity contribution in [3.05, 3.63) is 83.9 Å². The maximum absolute atomic E-state index is 13.3. The van der Waals surface area contributed by atoms with Gasteiger partial charge in [0.05, 0.1) is 12.8 Å². The van der Waals surface area contributed by atoms with Crippen LogP contribution in [0.25, 0.3) is 0 Å². The van der Waals surface area contributed by atoms with Gasteiger partial charge in [0, 0.05) is 17.4 Å². The summed E-state index contributed by atoms with van der Waals surface area (Å²) in [5.41, 5.74) is 1.21. The molecule has 0 bridgehead atoms. The first-order chi connectivity index (χ1) is 13.1. The van der Waals surface area contributed by atoms with E-state index in [0.717, 1.165) is 6.07 Å². The van der Waals surface area contributed by atoms with E-state index >= 15 is 0 Å². The van der Waals surface area contributed by atoms with Crippen LogP contribution in [0.15, 0.2) is 66.9 Å². The average Bonchev–Trinajstić information content (AvgIpc) is 2.69. The number of benzene rings is 2. The van der Waals surface area contributed by atoms with Gasteiger partial charge in [0.1, 0.15) is 17.3 Å². The molecule has 0 aliphatic rings. The van der Waals surface area contributed by atoms with Crippen molar-refractivity contribution in [1.82, 2.24) is 4.98 Å². The van der Waals surface area contributed by atoms with Gasteiger partial charge in [-0.15, -0.1) is 0 Å². The zero-order valence-corrected chi connectivity index (χ0v) is 14.4. The number of methoxy groups -OCH3 is 1. The highest BCUT2D eigenvalue weighted by molar-refractivity contribution is 6.06. The van der Waals surface area contributed by atoms with Gasteiger partial charge in [-0.1, -0.05) is 12.1 Å². The number of anilines is 2. The molecule has 1 aromatic heterocycles. The largest absolute Gasteiger partial charge is 0.495 e. The molecule has 0 fully saturated rings. The molecule has 1 heterocycles. The van der Waals surface area contributed by atoms with E-state index in [0.29, 0.717) is 17.1 Å². The molecular formula is C20H16FN3O3. The number of nitrogens with one attached hydrogen (secondary N) is 2. The Morgan fingerprint density at radius 3 is 2.52 bits per heavy atom. The molecule has 0 aliphatic carbocycles. The molecule has 6 nitrogen and oxygen atoms in total. The number of carbonyl (C=O) groups excluding carboxylic acids is 2. The van der Waals surface area contributed by atoms with Crippen molar-refractivity contribution in [2.45, 2.75) is 0 Å². The number of hydrogen-bond acceptors (Lipinski definition) is 4. The number of nitrogens with zero attached hydrogens (tertiary/aromatic N) is 1. The Hall–Kier alpha value is -3.74. The topological polar surface area (TPSA) is 80.3 Å². The van der Waals surface area contributed by atoms with Crippen molar-refractivity contribution >= 4 is 23.2 Å². The molecule has 2 aromatic carbocycles. The summed E-state index contributed by atoms with van der Waals surface area (Å²) < 4.78 is 18.6. The molecule has 0 saturated heterocycles. The molecule has 2 N–H and O–H groups in total. The summed E-state index contributed by atoms with van der Waals surface area (Å²) >= 11 is 0. The first-order valence-corrected chi connectivity index (χ1v) is 8.04. The molecule has 0 aliphatic heterocycles. The number of rotatable bonds is 5. The first kappa shape index (κ1) is 18.1. The lowest BCUT2D eigenvalue weighted by molar-refractivity contribution is 0.101. The van der Waals surface area contributed by atoms with Crippen LogP contribution in [0.4, 0.5) is 15.8 Å². The van der Waals surface area contributed by atoms with Crippen LogP contribution in [0.5, 0.6) is 5.75 Å². The Labute approximate surface area is 155 Å². The van der Waals surface area contributed by atoms with Gasteiger partial charge in [0.15, 0.2) is 0 Å². The molecular weight excluding hydrogens is 349 g/mol. The van der Waals surface area contributed by atoms with Gasteiger partial charge >= 0.3 is 0 Å². The van der Waals surface area contributed by atoms with E-state index < -0.39 is 11.7 Å². The number of hydrogen-bond donors (Lipinski definition) is 2. The van der Waals surface area contributed by atoms with E-state index in [1.807, 2.05) is 0 Å². The van der Waals surface area contributed by atoms with Crippen LogP contribution in [0.1, 0.15) is 20.8 Å². The number of ether oxygens (including phenoxy) is 1. The van der Waals surface area contributed by atoms with Gasteiger partial charge in [0.2, 0.25) is 0 Å². The van der Waals surface area contributed by atoms with E-state index in [9.17, 15) is 14.0 Å². The minimum absolute atomic E-state index is 0.167. The SMILES string of the molecule is COc1ccc(NC(=O)c2ccccn2)cc1NC(=O)c1cccc(F)c1.